The molecule has 1 amide bonds. The third-order valence-corrected chi connectivity index (χ3v) is 3.26. The molecule has 0 radical (unpaired) electrons. The predicted molar refractivity (Wildman–Crippen MR) is 97.3 cm³/mol. The molecule has 5 heteroatoms. The number of nitrogen functional groups attached to an aromatic ring is 1. The molecule has 0 aromatic heterocycles. The molecular weight excluding hydrogens is 304 g/mol. The van der Waals surface area contributed by atoms with Crippen LogP contribution in [-0.4, -0.2) is 19.6 Å². The van der Waals surface area contributed by atoms with Gasteiger partial charge in [0.25, 0.3) is 0 Å². The van der Waals surface area contributed by atoms with Crippen molar-refractivity contribution in [2.45, 2.75) is 13.3 Å². The molecule has 3 N–H and O–H groups in total. The van der Waals surface area contributed by atoms with Crippen molar-refractivity contribution in [3.8, 4) is 11.5 Å². The first-order chi connectivity index (χ1) is 11.6. The smallest absolute Gasteiger partial charge is 0.248 e. The maximum absolute atomic E-state index is 12.0. The van der Waals surface area contributed by atoms with Crippen LogP contribution in [0.4, 0.5) is 11.4 Å². The molecule has 0 aliphatic heterocycles. The first kappa shape index (κ1) is 17.4. The Morgan fingerprint density at radius 3 is 2.79 bits per heavy atom. The molecule has 0 aliphatic carbocycles. The summed E-state index contributed by atoms with van der Waals surface area (Å²) in [5.41, 5.74) is 8.01. The maximum Gasteiger partial charge on any atom is 0.248 e. The van der Waals surface area contributed by atoms with E-state index in [9.17, 15) is 4.79 Å². The molecular formula is C19H22N2O3. The van der Waals surface area contributed by atoms with Crippen LogP contribution in [0.25, 0.3) is 6.08 Å². The van der Waals surface area contributed by atoms with E-state index in [4.69, 9.17) is 15.2 Å². The number of hydrogen-bond donors (Lipinski definition) is 2. The predicted octanol–water partition coefficient (Wildman–Crippen LogP) is 3.72. The summed E-state index contributed by atoms with van der Waals surface area (Å²) in [6.45, 7) is 2.66. The van der Waals surface area contributed by atoms with Crippen LogP contribution >= 0.6 is 0 Å². The van der Waals surface area contributed by atoms with E-state index in [1.165, 1.54) is 6.08 Å². The van der Waals surface area contributed by atoms with Gasteiger partial charge in [-0.05, 0) is 42.3 Å². The van der Waals surface area contributed by atoms with E-state index in [1.54, 1.807) is 31.4 Å². The quantitative estimate of drug-likeness (QED) is 0.601. The normalized spacial score (nSPS) is 10.6. The highest BCUT2D eigenvalue weighted by Crippen LogP contribution is 2.23. The number of nitrogens with one attached hydrogen (secondary N) is 1. The minimum absolute atomic E-state index is 0.229. The molecule has 126 valence electrons. The summed E-state index contributed by atoms with van der Waals surface area (Å²) in [5.74, 6) is 1.12. The first-order valence-corrected chi connectivity index (χ1v) is 7.78. The van der Waals surface area contributed by atoms with Gasteiger partial charge in [0.1, 0.15) is 11.5 Å². The summed E-state index contributed by atoms with van der Waals surface area (Å²) in [6, 6.07) is 12.6. The molecule has 0 spiro atoms. The van der Waals surface area contributed by atoms with Gasteiger partial charge in [0.05, 0.1) is 19.4 Å². The zero-order valence-electron chi connectivity index (χ0n) is 13.9. The lowest BCUT2D eigenvalue weighted by molar-refractivity contribution is -0.111. The van der Waals surface area contributed by atoms with Gasteiger partial charge in [0, 0.05) is 17.8 Å². The second-order valence-corrected chi connectivity index (χ2v) is 5.20. The van der Waals surface area contributed by atoms with E-state index in [2.05, 4.69) is 5.32 Å². The fourth-order valence-corrected chi connectivity index (χ4v) is 2.07. The van der Waals surface area contributed by atoms with Gasteiger partial charge in [0.15, 0.2) is 0 Å². The lowest BCUT2D eigenvalue weighted by Crippen LogP contribution is -2.07. The van der Waals surface area contributed by atoms with Gasteiger partial charge in [-0.3, -0.25) is 4.79 Å². The highest BCUT2D eigenvalue weighted by molar-refractivity contribution is 6.02. The van der Waals surface area contributed by atoms with Crippen LogP contribution in [0.15, 0.2) is 48.5 Å². The molecule has 5 nitrogen and oxygen atoms in total. The standard InChI is InChI=1S/C19H22N2O3/c1-3-11-24-18-9-7-14(12-17(18)20)8-10-19(22)21-15-5-4-6-16(13-15)23-2/h4-10,12-13H,3,11,20H2,1-2H3,(H,21,22)/b10-8-. The van der Waals surface area contributed by atoms with E-state index < -0.39 is 0 Å². The van der Waals surface area contributed by atoms with Crippen LogP contribution in [0.3, 0.4) is 0 Å². The van der Waals surface area contributed by atoms with Crippen LogP contribution in [0.5, 0.6) is 11.5 Å². The summed E-state index contributed by atoms with van der Waals surface area (Å²) in [5, 5.41) is 2.78. The summed E-state index contributed by atoms with van der Waals surface area (Å²) in [6.07, 6.45) is 4.09. The second kappa shape index (κ2) is 8.62. The number of nitrogens with two attached hydrogens (primary N) is 1. The molecule has 0 fully saturated rings. The summed E-state index contributed by atoms with van der Waals surface area (Å²) < 4.78 is 10.7. The Morgan fingerprint density at radius 1 is 1.25 bits per heavy atom. The van der Waals surface area contributed by atoms with E-state index in [0.717, 1.165) is 12.0 Å². The van der Waals surface area contributed by atoms with Gasteiger partial charge in [-0.1, -0.05) is 19.1 Å². The van der Waals surface area contributed by atoms with Crippen molar-refractivity contribution in [1.29, 1.82) is 0 Å². The van der Waals surface area contributed by atoms with Crippen LogP contribution in [0, 0.1) is 0 Å². The van der Waals surface area contributed by atoms with Crippen LogP contribution in [-0.2, 0) is 4.79 Å². The zero-order valence-corrected chi connectivity index (χ0v) is 13.9. The lowest BCUT2D eigenvalue weighted by Gasteiger charge is -2.08. The van der Waals surface area contributed by atoms with Crippen molar-refractivity contribution in [2.75, 3.05) is 24.8 Å². The highest BCUT2D eigenvalue weighted by atomic mass is 16.5. The van der Waals surface area contributed by atoms with Crippen molar-refractivity contribution in [3.63, 3.8) is 0 Å². The minimum atomic E-state index is -0.229. The van der Waals surface area contributed by atoms with E-state index in [-0.39, 0.29) is 5.91 Å². The van der Waals surface area contributed by atoms with Crippen LogP contribution in [0.1, 0.15) is 18.9 Å². The first-order valence-electron chi connectivity index (χ1n) is 7.78. The van der Waals surface area contributed by atoms with Gasteiger partial charge in [0.2, 0.25) is 5.91 Å². The fraction of sp³-hybridized carbons (Fsp3) is 0.211. The van der Waals surface area contributed by atoms with Gasteiger partial charge < -0.3 is 20.5 Å². The Balaban J connectivity index is 1.99. The number of hydrogen-bond acceptors (Lipinski definition) is 4. The fourth-order valence-electron chi connectivity index (χ4n) is 2.07. The molecule has 0 heterocycles. The molecule has 2 aromatic rings. The average molecular weight is 326 g/mol. The number of benzene rings is 2. The second-order valence-electron chi connectivity index (χ2n) is 5.20. The van der Waals surface area contributed by atoms with Gasteiger partial charge >= 0.3 is 0 Å². The van der Waals surface area contributed by atoms with Crippen molar-refractivity contribution in [1.82, 2.24) is 0 Å². The van der Waals surface area contributed by atoms with E-state index in [0.29, 0.717) is 29.5 Å². The Kier molecular flexibility index (Phi) is 6.25. The monoisotopic (exact) mass is 326 g/mol. The number of carbonyl (C=O) groups is 1. The lowest BCUT2D eigenvalue weighted by atomic mass is 10.1. The van der Waals surface area contributed by atoms with Gasteiger partial charge in [-0.25, -0.2) is 0 Å². The number of ether oxygens (including phenoxy) is 2. The number of amides is 1. The molecule has 2 rings (SSSR count). The minimum Gasteiger partial charge on any atom is -0.497 e. The third kappa shape index (κ3) is 5.05. The topological polar surface area (TPSA) is 73.6 Å². The van der Waals surface area contributed by atoms with Crippen molar-refractivity contribution >= 4 is 23.4 Å². The molecule has 0 bridgehead atoms. The van der Waals surface area contributed by atoms with Crippen LogP contribution in [0.2, 0.25) is 0 Å². The van der Waals surface area contributed by atoms with Crippen LogP contribution < -0.4 is 20.5 Å². The van der Waals surface area contributed by atoms with Crippen molar-refractivity contribution < 1.29 is 14.3 Å². The Hall–Kier alpha value is -2.95. The molecule has 2 aromatic carbocycles. The van der Waals surface area contributed by atoms with Crippen molar-refractivity contribution in [3.05, 3.63) is 54.1 Å². The molecule has 0 saturated carbocycles. The maximum atomic E-state index is 12.0. The third-order valence-electron chi connectivity index (χ3n) is 3.26. The Bertz CT molecular complexity index is 726. The van der Waals surface area contributed by atoms with Gasteiger partial charge in [-0.2, -0.15) is 0 Å². The Morgan fingerprint density at radius 2 is 2.08 bits per heavy atom. The molecule has 0 unspecified atom stereocenters. The number of anilines is 2. The SMILES string of the molecule is CCCOc1ccc(/C=C\C(=O)Nc2cccc(OC)c2)cc1N. The Labute approximate surface area is 142 Å². The van der Waals surface area contributed by atoms with Crippen molar-refractivity contribution in [2.24, 2.45) is 0 Å². The van der Waals surface area contributed by atoms with Gasteiger partial charge in [-0.15, -0.1) is 0 Å². The summed E-state index contributed by atoms with van der Waals surface area (Å²) in [4.78, 5) is 12.0. The average Bonchev–Trinajstić information content (AvgIpc) is 2.59. The molecule has 0 atom stereocenters. The summed E-state index contributed by atoms with van der Waals surface area (Å²) >= 11 is 0. The zero-order chi connectivity index (χ0) is 17.4. The molecule has 24 heavy (non-hydrogen) atoms. The number of methoxy groups -OCH3 is 1. The number of rotatable bonds is 7. The van der Waals surface area contributed by atoms with E-state index in [1.807, 2.05) is 31.2 Å². The van der Waals surface area contributed by atoms with E-state index >= 15 is 0 Å². The molecule has 0 saturated heterocycles. The summed E-state index contributed by atoms with van der Waals surface area (Å²) in [7, 11) is 1.58. The molecule has 0 aliphatic rings. The largest absolute Gasteiger partial charge is 0.497 e. The highest BCUT2D eigenvalue weighted by Gasteiger charge is 2.02. The number of carbonyl (C=O) groups excluding carboxylic acids is 1.